The molecule has 2 N–H and O–H groups in total. The van der Waals surface area contributed by atoms with Gasteiger partial charge in [-0.05, 0) is 5.56 Å². The number of ether oxygens (including phenoxy) is 2. The van der Waals surface area contributed by atoms with Crippen molar-refractivity contribution in [3.63, 3.8) is 0 Å². The van der Waals surface area contributed by atoms with E-state index in [-0.39, 0.29) is 18.1 Å². The Hall–Kier alpha value is -1.43. The highest BCUT2D eigenvalue weighted by molar-refractivity contribution is 5.73. The van der Waals surface area contributed by atoms with Crippen LogP contribution in [0.3, 0.4) is 0 Å². The van der Waals surface area contributed by atoms with Crippen LogP contribution >= 0.6 is 0 Å². The van der Waals surface area contributed by atoms with E-state index in [0.29, 0.717) is 19.6 Å². The van der Waals surface area contributed by atoms with Crippen molar-refractivity contribution in [3.05, 3.63) is 35.9 Å². The molecule has 5 nitrogen and oxygen atoms in total. The van der Waals surface area contributed by atoms with Gasteiger partial charge in [0.2, 0.25) is 5.91 Å². The van der Waals surface area contributed by atoms with Crippen LogP contribution in [0.1, 0.15) is 18.9 Å². The molecule has 5 heteroatoms. The minimum absolute atomic E-state index is 0.168. The summed E-state index contributed by atoms with van der Waals surface area (Å²) >= 11 is 0. The predicted molar refractivity (Wildman–Crippen MR) is 69.2 cm³/mol. The molecule has 0 spiro atoms. The normalized spacial score (nSPS) is 26.3. The molecule has 19 heavy (non-hydrogen) atoms. The number of carbonyl (C=O) groups is 1. The van der Waals surface area contributed by atoms with Crippen molar-refractivity contribution in [3.8, 4) is 0 Å². The highest BCUT2D eigenvalue weighted by Crippen LogP contribution is 2.19. The van der Waals surface area contributed by atoms with E-state index < -0.39 is 6.29 Å². The fraction of sp³-hybridized carbons (Fsp3) is 0.500. The van der Waals surface area contributed by atoms with Gasteiger partial charge in [-0.3, -0.25) is 4.79 Å². The minimum atomic E-state index is -0.950. The Labute approximate surface area is 112 Å². The fourth-order valence-electron chi connectivity index (χ4n) is 2.13. The lowest BCUT2D eigenvalue weighted by Crippen LogP contribution is -2.39. The maximum absolute atomic E-state index is 10.9. The number of nitrogens with one attached hydrogen (secondary N) is 1. The number of carbonyl (C=O) groups excluding carboxylic acids is 1. The van der Waals surface area contributed by atoms with Crippen molar-refractivity contribution in [2.75, 3.05) is 6.61 Å². The number of hydrogen-bond donors (Lipinski definition) is 2. The number of aliphatic hydroxyl groups excluding tert-OH is 1. The van der Waals surface area contributed by atoms with Crippen LogP contribution in [0.5, 0.6) is 0 Å². The largest absolute Gasteiger partial charge is 0.374 e. The van der Waals surface area contributed by atoms with Crippen LogP contribution in [0.4, 0.5) is 0 Å². The standard InChI is InChI=1S/C14H19NO4/c1-10(16)15-13-7-12(19-14(13)17)9-18-8-11-5-3-2-4-6-11/h2-6,12-14,17H,7-9H2,1H3,(H,15,16)/t12-,13-,14+/m0/s1. The smallest absolute Gasteiger partial charge is 0.217 e. The topological polar surface area (TPSA) is 67.8 Å². The zero-order valence-corrected chi connectivity index (χ0v) is 10.9. The minimum Gasteiger partial charge on any atom is -0.374 e. The van der Waals surface area contributed by atoms with Crippen molar-refractivity contribution >= 4 is 5.91 Å². The fourth-order valence-corrected chi connectivity index (χ4v) is 2.13. The maximum Gasteiger partial charge on any atom is 0.217 e. The van der Waals surface area contributed by atoms with Crippen LogP contribution in [-0.4, -0.2) is 36.1 Å². The molecule has 0 saturated carbocycles. The molecular weight excluding hydrogens is 246 g/mol. The second kappa shape index (κ2) is 6.65. The van der Waals surface area contributed by atoms with Gasteiger partial charge in [0.05, 0.1) is 25.4 Å². The van der Waals surface area contributed by atoms with Crippen LogP contribution in [0.25, 0.3) is 0 Å². The van der Waals surface area contributed by atoms with Crippen molar-refractivity contribution in [1.82, 2.24) is 5.32 Å². The third-order valence-corrected chi connectivity index (χ3v) is 3.00. The molecule has 0 aromatic heterocycles. The molecule has 0 aliphatic carbocycles. The van der Waals surface area contributed by atoms with Gasteiger partial charge >= 0.3 is 0 Å². The third-order valence-electron chi connectivity index (χ3n) is 3.00. The van der Waals surface area contributed by atoms with Gasteiger partial charge in [-0.1, -0.05) is 30.3 Å². The van der Waals surface area contributed by atoms with E-state index in [1.165, 1.54) is 6.92 Å². The molecule has 1 amide bonds. The van der Waals surface area contributed by atoms with Gasteiger partial charge < -0.3 is 19.9 Å². The van der Waals surface area contributed by atoms with Gasteiger partial charge in [-0.15, -0.1) is 0 Å². The number of aliphatic hydroxyl groups is 1. The van der Waals surface area contributed by atoms with E-state index in [1.54, 1.807) is 0 Å². The summed E-state index contributed by atoms with van der Waals surface area (Å²) in [5.74, 6) is -0.168. The quantitative estimate of drug-likeness (QED) is 0.827. The van der Waals surface area contributed by atoms with Crippen molar-refractivity contribution in [2.45, 2.75) is 38.4 Å². The Morgan fingerprint density at radius 1 is 1.47 bits per heavy atom. The second-order valence-electron chi connectivity index (χ2n) is 4.69. The molecule has 1 fully saturated rings. The van der Waals surface area contributed by atoms with E-state index >= 15 is 0 Å². The van der Waals surface area contributed by atoms with E-state index in [2.05, 4.69) is 5.32 Å². The summed E-state index contributed by atoms with van der Waals surface area (Å²) in [5, 5.41) is 12.3. The van der Waals surface area contributed by atoms with Crippen LogP contribution in [0, 0.1) is 0 Å². The Bertz CT molecular complexity index is 409. The molecule has 1 aromatic carbocycles. The van der Waals surface area contributed by atoms with Gasteiger partial charge in [0.1, 0.15) is 0 Å². The summed E-state index contributed by atoms with van der Waals surface area (Å²) in [6.45, 7) is 2.34. The Balaban J connectivity index is 1.71. The van der Waals surface area contributed by atoms with Gasteiger partial charge in [0, 0.05) is 13.3 Å². The Morgan fingerprint density at radius 2 is 2.21 bits per heavy atom. The molecule has 1 heterocycles. The van der Waals surface area contributed by atoms with Crippen molar-refractivity contribution in [1.29, 1.82) is 0 Å². The first-order valence-corrected chi connectivity index (χ1v) is 6.37. The lowest BCUT2D eigenvalue weighted by atomic mass is 10.1. The lowest BCUT2D eigenvalue weighted by Gasteiger charge is -2.12. The van der Waals surface area contributed by atoms with Gasteiger partial charge in [-0.25, -0.2) is 0 Å². The SMILES string of the molecule is CC(=O)N[C@H]1C[C@@H](COCc2ccccc2)O[C@H]1O. The van der Waals surface area contributed by atoms with Crippen LogP contribution < -0.4 is 5.32 Å². The maximum atomic E-state index is 10.9. The van der Waals surface area contributed by atoms with E-state index in [4.69, 9.17) is 9.47 Å². The molecule has 1 saturated heterocycles. The molecule has 104 valence electrons. The third kappa shape index (κ3) is 4.31. The van der Waals surface area contributed by atoms with Crippen LogP contribution in [-0.2, 0) is 20.9 Å². The summed E-state index contributed by atoms with van der Waals surface area (Å²) in [7, 11) is 0. The summed E-state index contributed by atoms with van der Waals surface area (Å²) in [6, 6.07) is 9.51. The number of hydrogen-bond acceptors (Lipinski definition) is 4. The monoisotopic (exact) mass is 265 g/mol. The molecule has 1 aliphatic heterocycles. The summed E-state index contributed by atoms with van der Waals surface area (Å²) in [4.78, 5) is 10.9. The highest BCUT2D eigenvalue weighted by Gasteiger charge is 2.34. The Kier molecular flexibility index (Phi) is 4.90. The van der Waals surface area contributed by atoms with E-state index in [0.717, 1.165) is 5.56 Å². The number of rotatable bonds is 5. The average Bonchev–Trinajstić information content (AvgIpc) is 2.70. The molecular formula is C14H19NO4. The zero-order valence-electron chi connectivity index (χ0n) is 10.9. The van der Waals surface area contributed by atoms with E-state index in [9.17, 15) is 9.90 Å². The second-order valence-corrected chi connectivity index (χ2v) is 4.69. The first kappa shape index (κ1) is 14.0. The summed E-state index contributed by atoms with van der Waals surface area (Å²) in [5.41, 5.74) is 1.10. The highest BCUT2D eigenvalue weighted by atomic mass is 16.6. The lowest BCUT2D eigenvalue weighted by molar-refractivity contribution is -0.129. The molecule has 1 aromatic rings. The first-order valence-electron chi connectivity index (χ1n) is 6.37. The molecule has 0 unspecified atom stereocenters. The van der Waals surface area contributed by atoms with Crippen LogP contribution in [0.15, 0.2) is 30.3 Å². The molecule has 1 aliphatic rings. The van der Waals surface area contributed by atoms with Crippen molar-refractivity contribution in [2.24, 2.45) is 0 Å². The number of amides is 1. The van der Waals surface area contributed by atoms with E-state index in [1.807, 2.05) is 30.3 Å². The average molecular weight is 265 g/mol. The van der Waals surface area contributed by atoms with Gasteiger partial charge in [0.15, 0.2) is 6.29 Å². The zero-order chi connectivity index (χ0) is 13.7. The summed E-state index contributed by atoms with van der Waals surface area (Å²) < 4.78 is 10.9. The summed E-state index contributed by atoms with van der Waals surface area (Å²) in [6.07, 6.45) is -0.569. The van der Waals surface area contributed by atoms with Crippen LogP contribution in [0.2, 0.25) is 0 Å². The molecule has 3 atom stereocenters. The van der Waals surface area contributed by atoms with Gasteiger partial charge in [0.25, 0.3) is 0 Å². The molecule has 0 bridgehead atoms. The Morgan fingerprint density at radius 3 is 2.89 bits per heavy atom. The predicted octanol–water partition coefficient (Wildman–Crippen LogP) is 0.815. The molecule has 2 rings (SSSR count). The van der Waals surface area contributed by atoms with Crippen molar-refractivity contribution < 1.29 is 19.4 Å². The van der Waals surface area contributed by atoms with Gasteiger partial charge in [-0.2, -0.15) is 0 Å². The number of benzene rings is 1. The molecule has 0 radical (unpaired) electrons. The first-order chi connectivity index (χ1) is 9.15.